The molecule has 10 N–H and O–H groups in total. The Hall–Kier alpha value is -8.54. The van der Waals surface area contributed by atoms with Gasteiger partial charge in [-0.25, -0.2) is 57.5 Å². The van der Waals surface area contributed by atoms with Crippen LogP contribution in [0.3, 0.4) is 0 Å². The number of carbonyl (C=O) groups is 10. The third kappa shape index (κ3) is 44.2. The van der Waals surface area contributed by atoms with Gasteiger partial charge < -0.3 is 101 Å². The van der Waals surface area contributed by atoms with Crippen molar-refractivity contribution in [1.82, 2.24) is 53.2 Å². The topological polar surface area (TPSA) is 442 Å². The fourth-order valence-electron chi connectivity index (χ4n) is 2.36. The molecule has 0 aromatic heterocycles. The first-order valence-electron chi connectivity index (χ1n) is 16.7. The van der Waals surface area contributed by atoms with Gasteiger partial charge in [0.25, 0.3) is 0 Å². The molecule has 0 aromatic carbocycles. The molecular formula is C28H46N12O22. The summed E-state index contributed by atoms with van der Waals surface area (Å²) in [5.74, 6) is 0. The van der Waals surface area contributed by atoms with Gasteiger partial charge in [-0.2, -0.15) is 9.98 Å². The summed E-state index contributed by atoms with van der Waals surface area (Å²) in [6, 6.07) is 0. The molecule has 0 rings (SSSR count). The van der Waals surface area contributed by atoms with E-state index < -0.39 is 81.3 Å². The van der Waals surface area contributed by atoms with Crippen LogP contribution in [-0.4, -0.2) is 160 Å². The van der Waals surface area contributed by atoms with E-state index in [0.29, 0.717) is 0 Å². The van der Waals surface area contributed by atoms with Gasteiger partial charge in [0, 0.05) is 0 Å². The number of alkyl carbamates (subject to hydrolysis) is 10. The number of hydrogen-bond donors (Lipinski definition) is 10. The Kier molecular flexibility index (Phi) is 39.2. The molecule has 0 aliphatic rings. The van der Waals surface area contributed by atoms with Crippen LogP contribution < -0.4 is 53.2 Å². The third-order valence-corrected chi connectivity index (χ3v) is 4.75. The molecule has 0 aliphatic heterocycles. The minimum Gasteiger partial charge on any atom is -0.453 e. The van der Waals surface area contributed by atoms with Crippen molar-refractivity contribution in [3.63, 3.8) is 0 Å². The zero-order chi connectivity index (χ0) is 47.2. The van der Waals surface area contributed by atoms with Crippen LogP contribution in [0, 0.1) is 0 Å². The first-order valence-corrected chi connectivity index (χ1v) is 16.7. The second-order valence-corrected chi connectivity index (χ2v) is 8.89. The predicted octanol–water partition coefficient (Wildman–Crippen LogP) is -1.80. The standard InChI is InChI=1S/C10H18N4O8.2C9H14N4O7/c1-3-20-8(16)12-5-14-10(18)22-6-21-9(17)13-4-11-7(15)19-2;2*1-2-18-7(15)12-4-13-9(17)20-6-19-8(16)11-3-10-5-14/h3-6H2,1-2H3,(H,11,15)(H,12,16)(H,13,17)(H,14,18);2*2-4,6H2,1H3,(H,11,16)(H,12,15)(H,13,17). The molecule has 34 heteroatoms. The molecule has 0 heterocycles. The van der Waals surface area contributed by atoms with Crippen LogP contribution in [0.15, 0.2) is 9.98 Å². The highest BCUT2D eigenvalue weighted by Gasteiger charge is 2.09. The summed E-state index contributed by atoms with van der Waals surface area (Å²) in [5, 5.41) is 21.5. The van der Waals surface area contributed by atoms with Crippen molar-refractivity contribution in [1.29, 1.82) is 0 Å². The van der Waals surface area contributed by atoms with Crippen LogP contribution in [0.5, 0.6) is 0 Å². The largest absolute Gasteiger partial charge is 0.453 e. The predicted molar refractivity (Wildman–Crippen MR) is 194 cm³/mol. The maximum absolute atomic E-state index is 11.1. The van der Waals surface area contributed by atoms with Crippen LogP contribution in [-0.2, 0) is 57.0 Å². The summed E-state index contributed by atoms with van der Waals surface area (Å²) in [6.45, 7) is 2.09. The van der Waals surface area contributed by atoms with E-state index in [-0.39, 0.29) is 59.8 Å². The van der Waals surface area contributed by atoms with Gasteiger partial charge in [-0.3, -0.25) is 0 Å². The van der Waals surface area contributed by atoms with Crippen LogP contribution in [0.1, 0.15) is 20.8 Å². The van der Waals surface area contributed by atoms with E-state index in [4.69, 9.17) is 0 Å². The van der Waals surface area contributed by atoms with Gasteiger partial charge in [0.2, 0.25) is 32.5 Å². The minimum atomic E-state index is -0.929. The summed E-state index contributed by atoms with van der Waals surface area (Å²) < 4.78 is 44.4. The van der Waals surface area contributed by atoms with E-state index in [0.717, 1.165) is 7.11 Å². The summed E-state index contributed by atoms with van der Waals surface area (Å²) in [5.41, 5.74) is 0. The van der Waals surface area contributed by atoms with Gasteiger partial charge in [-0.05, 0) is 20.8 Å². The van der Waals surface area contributed by atoms with E-state index in [2.05, 4.69) is 111 Å². The first kappa shape index (κ1) is 57.8. The monoisotopic (exact) mass is 902 g/mol. The number of isocyanates is 2. The summed E-state index contributed by atoms with van der Waals surface area (Å²) in [7, 11) is 1.16. The average molecular weight is 903 g/mol. The molecule has 62 heavy (non-hydrogen) atoms. The van der Waals surface area contributed by atoms with Gasteiger partial charge in [-0.15, -0.1) is 0 Å². The Labute approximate surface area is 349 Å². The maximum atomic E-state index is 11.1. The quantitative estimate of drug-likeness (QED) is 0.0263. The number of rotatable bonds is 21. The molecule has 0 unspecified atom stereocenters. The van der Waals surface area contributed by atoms with E-state index in [1.165, 1.54) is 12.2 Å². The molecule has 350 valence electrons. The molecule has 34 nitrogen and oxygen atoms in total. The first-order chi connectivity index (χ1) is 29.7. The van der Waals surface area contributed by atoms with Crippen molar-refractivity contribution in [2.75, 3.05) is 87.3 Å². The highest BCUT2D eigenvalue weighted by atomic mass is 16.7. The lowest BCUT2D eigenvalue weighted by Gasteiger charge is -2.09. The fourth-order valence-corrected chi connectivity index (χ4v) is 2.36. The van der Waals surface area contributed by atoms with Crippen LogP contribution >= 0.6 is 0 Å². The van der Waals surface area contributed by atoms with E-state index >= 15 is 0 Å². The molecule has 0 aliphatic carbocycles. The van der Waals surface area contributed by atoms with Gasteiger partial charge in [0.15, 0.2) is 0 Å². The van der Waals surface area contributed by atoms with Gasteiger partial charge >= 0.3 is 60.9 Å². The fraction of sp³-hybridized carbons (Fsp3) is 0.571. The van der Waals surface area contributed by atoms with Crippen molar-refractivity contribution in [2.45, 2.75) is 20.8 Å². The molecule has 0 saturated heterocycles. The smallest absolute Gasteiger partial charge is 0.411 e. The third-order valence-electron chi connectivity index (χ3n) is 4.75. The number of hydrogen-bond acceptors (Lipinski definition) is 24. The van der Waals surface area contributed by atoms with Crippen molar-refractivity contribution in [3.05, 3.63) is 0 Å². The molecular weight excluding hydrogens is 856 g/mol. The molecule has 10 amide bonds. The van der Waals surface area contributed by atoms with Crippen molar-refractivity contribution >= 4 is 73.1 Å². The van der Waals surface area contributed by atoms with Crippen LogP contribution in [0.2, 0.25) is 0 Å². The summed E-state index contributed by atoms with van der Waals surface area (Å²) >= 11 is 0. The Morgan fingerprint density at radius 2 is 0.565 bits per heavy atom. The van der Waals surface area contributed by atoms with Crippen molar-refractivity contribution in [3.8, 4) is 0 Å². The zero-order valence-electron chi connectivity index (χ0n) is 33.4. The Bertz CT molecular complexity index is 1420. The number of amides is 10. The number of nitrogens with zero attached hydrogens (tertiary/aromatic N) is 2. The highest BCUT2D eigenvalue weighted by Crippen LogP contribution is 1.85. The van der Waals surface area contributed by atoms with Crippen LogP contribution in [0.25, 0.3) is 0 Å². The molecule has 0 aromatic rings. The Balaban J connectivity index is -0.000000844. The molecule has 0 saturated carbocycles. The highest BCUT2D eigenvalue weighted by molar-refractivity contribution is 5.72. The average Bonchev–Trinajstić information content (AvgIpc) is 3.22. The second kappa shape index (κ2) is 42.1. The zero-order valence-corrected chi connectivity index (χ0v) is 33.4. The summed E-state index contributed by atoms with van der Waals surface area (Å²) in [6.07, 6.45) is -5.95. The second-order valence-electron chi connectivity index (χ2n) is 8.89. The van der Waals surface area contributed by atoms with E-state index in [9.17, 15) is 57.5 Å². The molecule has 0 fully saturated rings. The minimum absolute atomic E-state index is 0.198. The lowest BCUT2D eigenvalue weighted by molar-refractivity contribution is 0.0228. The van der Waals surface area contributed by atoms with Crippen LogP contribution in [0.4, 0.5) is 47.9 Å². The summed E-state index contributed by atoms with van der Waals surface area (Å²) in [4.78, 5) is 134. The number of carbonyl (C=O) groups excluding carboxylic acids is 12. The van der Waals surface area contributed by atoms with E-state index in [1.54, 1.807) is 20.8 Å². The molecule has 0 bridgehead atoms. The molecule has 0 radical (unpaired) electrons. The lowest BCUT2D eigenvalue weighted by Crippen LogP contribution is -2.39. The van der Waals surface area contributed by atoms with Gasteiger partial charge in [0.05, 0.1) is 53.6 Å². The normalized spacial score (nSPS) is 8.77. The van der Waals surface area contributed by atoms with Crippen molar-refractivity contribution < 1.29 is 105 Å². The molecule has 0 atom stereocenters. The van der Waals surface area contributed by atoms with Gasteiger partial charge in [-0.1, -0.05) is 0 Å². The number of ether oxygens (including phenoxy) is 10. The Morgan fingerprint density at radius 1 is 0.355 bits per heavy atom. The number of aliphatic imine (C=N–C) groups is 2. The van der Waals surface area contributed by atoms with E-state index in [1.807, 2.05) is 0 Å². The van der Waals surface area contributed by atoms with Crippen molar-refractivity contribution in [2.24, 2.45) is 9.98 Å². The number of methoxy groups -OCH3 is 1. The number of nitrogens with one attached hydrogen (secondary N) is 10. The Morgan fingerprint density at radius 3 is 0.774 bits per heavy atom. The SMILES string of the molecule is CCOC(=O)NCNC(=O)OCOC(=O)NCN=C=O.CCOC(=O)NCNC(=O)OCOC(=O)NCN=C=O.CCOC(=O)NCNC(=O)OCOC(=O)NCNC(=O)OC. The lowest BCUT2D eigenvalue weighted by atomic mass is 10.8. The molecule has 0 spiro atoms. The van der Waals surface area contributed by atoms with Gasteiger partial charge in [0.1, 0.15) is 13.3 Å². The maximum Gasteiger partial charge on any atom is 0.411 e.